The Morgan fingerprint density at radius 2 is 1.97 bits per heavy atom. The number of fused-ring (bicyclic) bond motifs is 2. The molecule has 0 atom stereocenters. The summed E-state index contributed by atoms with van der Waals surface area (Å²) in [5, 5.41) is 7.25. The summed E-state index contributed by atoms with van der Waals surface area (Å²) < 4.78 is 13.4. The number of halogens is 1. The molecule has 6 rings (SSSR count). The van der Waals surface area contributed by atoms with Gasteiger partial charge in [0.15, 0.2) is 28.5 Å². The first-order valence-corrected chi connectivity index (χ1v) is 12.3. The number of imidazole rings is 1. The Balaban J connectivity index is 1.37. The molecule has 1 saturated heterocycles. The second kappa shape index (κ2) is 9.30. The van der Waals surface area contributed by atoms with E-state index in [-0.39, 0.29) is 17.9 Å². The molecule has 0 unspecified atom stereocenters. The van der Waals surface area contributed by atoms with Gasteiger partial charge in [-0.25, -0.2) is 4.98 Å². The molecule has 0 radical (unpaired) electrons. The average Bonchev–Trinajstić information content (AvgIpc) is 3.63. The van der Waals surface area contributed by atoms with E-state index >= 15 is 0 Å². The third-order valence-electron chi connectivity index (χ3n) is 6.97. The predicted octanol–water partition coefficient (Wildman–Crippen LogP) is 3.03. The summed E-state index contributed by atoms with van der Waals surface area (Å²) in [5.74, 6) is 2.95. The molecule has 1 fully saturated rings. The number of likely N-dealkylation sites (tertiary alicyclic amines) is 1. The van der Waals surface area contributed by atoms with Crippen molar-refractivity contribution >= 4 is 35.0 Å². The zero-order valence-corrected chi connectivity index (χ0v) is 20.2. The molecule has 186 valence electrons. The van der Waals surface area contributed by atoms with Gasteiger partial charge in [0.25, 0.3) is 0 Å². The Hall–Kier alpha value is -3.86. The molecule has 0 spiro atoms. The van der Waals surface area contributed by atoms with E-state index in [0.29, 0.717) is 41.5 Å². The lowest BCUT2D eigenvalue weighted by Crippen LogP contribution is -2.32. The summed E-state index contributed by atoms with van der Waals surface area (Å²) in [6.07, 6.45) is 6.04. The number of anilines is 1. The number of rotatable bonds is 7. The number of carbonyl (C=O) groups excluding carboxylic acids is 1. The van der Waals surface area contributed by atoms with E-state index in [1.165, 1.54) is 0 Å². The van der Waals surface area contributed by atoms with Gasteiger partial charge in [0, 0.05) is 37.8 Å². The number of nitrogen functional groups attached to an aromatic ring is 1. The lowest BCUT2D eigenvalue weighted by atomic mass is 9.94. The number of nitrogens with zero attached hydrogens (tertiary/aromatic N) is 6. The third-order valence-corrected chi connectivity index (χ3v) is 7.14. The Kier molecular flexibility index (Phi) is 5.84. The number of H-pyrrole nitrogens is 1. The number of nitrogens with two attached hydrogens (primary N) is 1. The van der Waals surface area contributed by atoms with E-state index in [1.807, 2.05) is 23.1 Å². The first-order valence-electron chi connectivity index (χ1n) is 11.9. The molecule has 3 aromatic heterocycles. The van der Waals surface area contributed by atoms with Crippen molar-refractivity contribution in [2.75, 3.05) is 25.6 Å². The van der Waals surface area contributed by atoms with Crippen molar-refractivity contribution in [3.05, 3.63) is 41.1 Å². The topological polar surface area (TPSA) is 137 Å². The summed E-state index contributed by atoms with van der Waals surface area (Å²) in [6.45, 7) is 2.47. The molecule has 5 heterocycles. The van der Waals surface area contributed by atoms with E-state index in [4.69, 9.17) is 31.8 Å². The number of aryl methyl sites for hydroxylation is 1. The normalized spacial score (nSPS) is 15.6. The average molecular weight is 509 g/mol. The molecule has 1 aromatic carbocycles. The molecular weight excluding hydrogens is 484 g/mol. The van der Waals surface area contributed by atoms with Crippen molar-refractivity contribution in [1.29, 1.82) is 0 Å². The Morgan fingerprint density at radius 1 is 1.17 bits per heavy atom. The van der Waals surface area contributed by atoms with Crippen LogP contribution in [0.5, 0.6) is 11.5 Å². The minimum atomic E-state index is 0.0909. The van der Waals surface area contributed by atoms with Crippen molar-refractivity contribution in [2.45, 2.75) is 32.2 Å². The molecule has 1 amide bonds. The number of carbonyl (C=O) groups is 1. The molecule has 12 heteroatoms. The second-order valence-electron chi connectivity index (χ2n) is 9.11. The van der Waals surface area contributed by atoms with E-state index in [1.54, 1.807) is 6.20 Å². The number of hydrogen-bond acceptors (Lipinski definition) is 8. The van der Waals surface area contributed by atoms with Crippen LogP contribution < -0.4 is 15.2 Å². The monoisotopic (exact) mass is 508 g/mol. The minimum absolute atomic E-state index is 0.0909. The van der Waals surface area contributed by atoms with Crippen molar-refractivity contribution in [2.24, 2.45) is 5.92 Å². The Bertz CT molecular complexity index is 1410. The lowest BCUT2D eigenvalue weighted by Gasteiger charge is -2.29. The van der Waals surface area contributed by atoms with Gasteiger partial charge < -0.3 is 24.7 Å². The molecule has 36 heavy (non-hydrogen) atoms. The fraction of sp³-hybridized carbons (Fsp3) is 0.375. The minimum Gasteiger partial charge on any atom is -0.454 e. The highest BCUT2D eigenvalue weighted by Crippen LogP contribution is 2.39. The van der Waals surface area contributed by atoms with Crippen LogP contribution in [0, 0.1) is 5.92 Å². The summed E-state index contributed by atoms with van der Waals surface area (Å²) in [4.78, 5) is 26.3. The van der Waals surface area contributed by atoms with Crippen molar-refractivity contribution in [1.82, 2.24) is 34.6 Å². The van der Waals surface area contributed by atoms with Crippen molar-refractivity contribution < 1.29 is 14.3 Å². The van der Waals surface area contributed by atoms with Gasteiger partial charge in [-0.2, -0.15) is 15.1 Å². The molecule has 0 bridgehead atoms. The number of ether oxygens (including phenoxy) is 2. The summed E-state index contributed by atoms with van der Waals surface area (Å²) >= 11 is 6.18. The molecule has 11 nitrogen and oxygen atoms in total. The van der Waals surface area contributed by atoms with Crippen molar-refractivity contribution in [3.63, 3.8) is 0 Å². The van der Waals surface area contributed by atoms with Crippen molar-refractivity contribution in [3.8, 4) is 22.8 Å². The van der Waals surface area contributed by atoms with Gasteiger partial charge in [-0.15, -0.1) is 0 Å². The highest BCUT2D eigenvalue weighted by Gasteiger charge is 2.24. The third kappa shape index (κ3) is 4.19. The first kappa shape index (κ1) is 22.6. The number of piperidine rings is 1. The van der Waals surface area contributed by atoms with Gasteiger partial charge in [0.1, 0.15) is 5.82 Å². The maximum atomic E-state index is 11.1. The van der Waals surface area contributed by atoms with Crippen LogP contribution in [0.1, 0.15) is 30.7 Å². The standard InChI is InChI=1S/C24H25ClN8O3/c25-24-29-22(26)21-23(30-24)33(8-4-14-2-6-32(12-34)7-3-14)20(28-21)10-15-9-18-19(36-13-35-18)11-16(15)17-1-5-27-31-17/h1,5,9,11-12,14H,2-4,6-8,10,13H2,(H,27,31)(H2,26,29,30). The van der Waals surface area contributed by atoms with Gasteiger partial charge in [-0.1, -0.05) is 0 Å². The van der Waals surface area contributed by atoms with Crippen LogP contribution in [0.4, 0.5) is 5.82 Å². The van der Waals surface area contributed by atoms with Crippen LogP contribution in [-0.2, 0) is 17.8 Å². The second-order valence-corrected chi connectivity index (χ2v) is 9.45. The molecule has 0 aliphatic carbocycles. The molecule has 3 N–H and O–H groups in total. The molecule has 4 aromatic rings. The zero-order valence-electron chi connectivity index (χ0n) is 19.5. The predicted molar refractivity (Wildman–Crippen MR) is 133 cm³/mol. The van der Waals surface area contributed by atoms with E-state index < -0.39 is 0 Å². The van der Waals surface area contributed by atoms with Crippen LogP contribution >= 0.6 is 11.6 Å². The molecule has 0 saturated carbocycles. The van der Waals surface area contributed by atoms with Crippen LogP contribution in [-0.4, -0.2) is 60.9 Å². The fourth-order valence-corrected chi connectivity index (χ4v) is 5.20. The van der Waals surface area contributed by atoms with Crippen LogP contribution in [0.3, 0.4) is 0 Å². The molecular formula is C24H25ClN8O3. The highest BCUT2D eigenvalue weighted by molar-refractivity contribution is 6.28. The number of nitrogens with one attached hydrogen (secondary N) is 1. The summed E-state index contributed by atoms with van der Waals surface area (Å²) in [5.41, 5.74) is 10.2. The fourth-order valence-electron chi connectivity index (χ4n) is 5.03. The van der Waals surface area contributed by atoms with Crippen LogP contribution in [0.25, 0.3) is 22.4 Å². The number of amides is 1. The zero-order chi connectivity index (χ0) is 24.6. The maximum absolute atomic E-state index is 11.1. The van der Waals surface area contributed by atoms with Gasteiger partial charge in [0.2, 0.25) is 18.5 Å². The summed E-state index contributed by atoms with van der Waals surface area (Å²) in [7, 11) is 0. The van der Waals surface area contributed by atoms with Gasteiger partial charge in [-0.05, 0) is 60.5 Å². The quantitative estimate of drug-likeness (QED) is 0.287. The van der Waals surface area contributed by atoms with E-state index in [9.17, 15) is 4.79 Å². The van der Waals surface area contributed by atoms with Gasteiger partial charge in [-0.3, -0.25) is 9.89 Å². The van der Waals surface area contributed by atoms with Crippen LogP contribution in [0.15, 0.2) is 24.4 Å². The Morgan fingerprint density at radius 3 is 2.72 bits per heavy atom. The SMILES string of the molecule is Nc1nc(Cl)nc2c1nc(Cc1cc3c(cc1-c1ccn[nH]1)OCO3)n2CCC1CCN(C=O)CC1. The van der Waals surface area contributed by atoms with Gasteiger partial charge in [0.05, 0.1) is 5.69 Å². The first-order chi connectivity index (χ1) is 17.6. The molecule has 2 aliphatic rings. The number of benzene rings is 1. The van der Waals surface area contributed by atoms with E-state index in [2.05, 4.69) is 24.7 Å². The van der Waals surface area contributed by atoms with E-state index in [0.717, 1.165) is 61.4 Å². The smallest absolute Gasteiger partial charge is 0.231 e. The number of aromatic nitrogens is 6. The Labute approximate surface area is 211 Å². The summed E-state index contributed by atoms with van der Waals surface area (Å²) in [6, 6.07) is 5.86. The lowest BCUT2D eigenvalue weighted by molar-refractivity contribution is -0.119. The molecule has 2 aliphatic heterocycles. The largest absolute Gasteiger partial charge is 0.454 e. The van der Waals surface area contributed by atoms with Gasteiger partial charge >= 0.3 is 0 Å². The number of aromatic amines is 1. The van der Waals surface area contributed by atoms with Crippen LogP contribution in [0.2, 0.25) is 5.28 Å². The number of hydrogen-bond donors (Lipinski definition) is 2. The highest BCUT2D eigenvalue weighted by atomic mass is 35.5. The maximum Gasteiger partial charge on any atom is 0.231 e.